The number of rotatable bonds is 13. The van der Waals surface area contributed by atoms with Crippen molar-refractivity contribution in [2.24, 2.45) is 11.8 Å². The first-order valence-electron chi connectivity index (χ1n) is 16.6. The number of benzene rings is 2. The van der Waals surface area contributed by atoms with E-state index in [4.69, 9.17) is 32.5 Å². The van der Waals surface area contributed by atoms with Crippen molar-refractivity contribution in [1.29, 1.82) is 0 Å². The quantitative estimate of drug-likeness (QED) is 0.131. The van der Waals surface area contributed by atoms with Gasteiger partial charge in [0.1, 0.15) is 18.2 Å². The molecular weight excluding hydrogens is 653 g/mol. The van der Waals surface area contributed by atoms with Crippen LogP contribution >= 0.6 is 23.2 Å². The first-order valence-corrected chi connectivity index (χ1v) is 17.3. The normalized spacial score (nSPS) is 18.4. The van der Waals surface area contributed by atoms with Crippen LogP contribution < -0.4 is 10.6 Å². The molecule has 0 aliphatic heterocycles. The van der Waals surface area contributed by atoms with Crippen LogP contribution in [0.4, 0.5) is 4.79 Å². The number of aromatic nitrogens is 3. The Morgan fingerprint density at radius 1 is 1.08 bits per heavy atom. The van der Waals surface area contributed by atoms with Gasteiger partial charge in [-0.05, 0) is 54.9 Å². The highest BCUT2D eigenvalue weighted by Crippen LogP contribution is 2.40. The van der Waals surface area contributed by atoms with Crippen LogP contribution in [-0.4, -0.2) is 44.5 Å². The molecule has 0 saturated heterocycles. The summed E-state index contributed by atoms with van der Waals surface area (Å²) in [5, 5.41) is 11.7. The Bertz CT molecular complexity index is 1770. The molecule has 1 aliphatic carbocycles. The minimum atomic E-state index is -1.30. The molecule has 5 rings (SSSR count). The van der Waals surface area contributed by atoms with Gasteiger partial charge in [-0.25, -0.2) is 4.79 Å². The smallest absolute Gasteiger partial charge is 0.408 e. The van der Waals surface area contributed by atoms with Crippen LogP contribution in [0.2, 0.25) is 10.0 Å². The van der Waals surface area contributed by atoms with E-state index in [9.17, 15) is 14.4 Å². The summed E-state index contributed by atoms with van der Waals surface area (Å²) in [4.78, 5) is 49.9. The van der Waals surface area contributed by atoms with Crippen molar-refractivity contribution >= 4 is 51.9 Å². The molecule has 0 bridgehead atoms. The van der Waals surface area contributed by atoms with Gasteiger partial charge in [0.25, 0.3) is 0 Å². The highest BCUT2D eigenvalue weighted by atomic mass is 35.5. The minimum absolute atomic E-state index is 0.0559. The molecule has 2 amide bonds. The number of carbonyl (C=O) groups is 3. The lowest BCUT2D eigenvalue weighted by atomic mass is 9.73. The first kappa shape index (κ1) is 35.4. The summed E-state index contributed by atoms with van der Waals surface area (Å²) in [5.74, 6) is -0.255. The lowest BCUT2D eigenvalue weighted by Crippen LogP contribution is -2.62. The molecule has 2 aromatic carbocycles. The number of nitrogens with zero attached hydrogens (tertiary/aromatic N) is 2. The Morgan fingerprint density at radius 3 is 2.48 bits per heavy atom. The van der Waals surface area contributed by atoms with E-state index in [-0.39, 0.29) is 43.0 Å². The zero-order valence-electron chi connectivity index (χ0n) is 28.0. The van der Waals surface area contributed by atoms with E-state index in [1.165, 1.54) is 0 Å². The maximum atomic E-state index is 14.7. The molecule has 48 heavy (non-hydrogen) atoms. The summed E-state index contributed by atoms with van der Waals surface area (Å²) < 4.78 is 11.0. The third-order valence-corrected chi connectivity index (χ3v) is 10.3. The molecule has 0 saturated carbocycles. The monoisotopic (exact) mass is 695 g/mol. The van der Waals surface area contributed by atoms with Crippen molar-refractivity contribution in [3.8, 4) is 0 Å². The van der Waals surface area contributed by atoms with Crippen LogP contribution in [0.15, 0.2) is 47.0 Å². The summed E-state index contributed by atoms with van der Waals surface area (Å²) in [7, 11) is 0. The number of nitrogens with one attached hydrogen (secondary N) is 3. The summed E-state index contributed by atoms with van der Waals surface area (Å²) in [6.45, 7) is 9.73. The number of amides is 2. The van der Waals surface area contributed by atoms with E-state index < -0.39 is 23.6 Å². The van der Waals surface area contributed by atoms with E-state index >= 15 is 0 Å². The maximum absolute atomic E-state index is 14.7. The van der Waals surface area contributed by atoms with Gasteiger partial charge in [-0.15, -0.1) is 0 Å². The predicted molar refractivity (Wildman–Crippen MR) is 185 cm³/mol. The Labute approximate surface area is 290 Å². The topological polar surface area (TPSA) is 139 Å². The van der Waals surface area contributed by atoms with Gasteiger partial charge >= 0.3 is 6.09 Å². The number of ether oxygens (including phenoxy) is 1. The number of alkyl carbamates (subject to hydrolysis) is 1. The van der Waals surface area contributed by atoms with Gasteiger partial charge in [0, 0.05) is 34.9 Å². The number of aryl methyl sites for hydroxylation is 2. The number of Topliss-reactive ketones (excluding diaryl/α,β-unsaturated/α-hetero) is 1. The summed E-state index contributed by atoms with van der Waals surface area (Å²) in [5.41, 5.74) is 2.08. The molecular formula is C36H43Cl2N5O5. The Morgan fingerprint density at radius 2 is 1.81 bits per heavy atom. The number of carbonyl (C=O) groups excluding carboxylic acids is 3. The second kappa shape index (κ2) is 15.1. The molecule has 2 unspecified atom stereocenters. The van der Waals surface area contributed by atoms with E-state index in [0.29, 0.717) is 41.0 Å². The van der Waals surface area contributed by atoms with Gasteiger partial charge in [0.2, 0.25) is 11.8 Å². The molecule has 0 radical (unpaired) electrons. The summed E-state index contributed by atoms with van der Waals surface area (Å²) in [6.07, 6.45) is 1.79. The van der Waals surface area contributed by atoms with E-state index in [2.05, 4.69) is 39.6 Å². The third kappa shape index (κ3) is 7.70. The average molecular weight is 697 g/mol. The van der Waals surface area contributed by atoms with Crippen molar-refractivity contribution < 1.29 is 23.6 Å². The standard InChI is InChI=1S/C36H43Cl2N5O5/c1-6-20(3)25(34-39-22(5)43-48-34)17-30(44)36(14-13-29-27(18-36)26-15-24(37)16-28(38)32(26)40-29)42-33(45)31(21(4)7-2)41-35(46)47-19-23-11-9-8-10-12-23/h8-12,15-16,20-21,25,31,40H,6-7,13-14,17-19H2,1-5H3,(H,41,46)(H,42,45)/t20?,21?,25-,31-,36-/m0/s1. The van der Waals surface area contributed by atoms with E-state index in [0.717, 1.165) is 34.1 Å². The van der Waals surface area contributed by atoms with Crippen LogP contribution in [0.25, 0.3) is 10.9 Å². The number of hydrogen-bond donors (Lipinski definition) is 3. The SMILES string of the molecule is CCC(C)[C@H](NC(=O)OCc1ccccc1)C(=O)N[C@@]1(C(=O)C[C@H](c2nc(C)no2)C(C)CC)CCc2[nH]c3c(Cl)cc(Cl)cc3c2C1. The fraction of sp³-hybridized carbons (Fsp3) is 0.472. The van der Waals surface area contributed by atoms with Crippen molar-refractivity contribution in [2.75, 3.05) is 0 Å². The Balaban J connectivity index is 1.47. The Kier molecular flexibility index (Phi) is 11.2. The lowest BCUT2D eigenvalue weighted by Gasteiger charge is -2.39. The molecule has 0 spiro atoms. The average Bonchev–Trinajstić information content (AvgIpc) is 3.67. The molecule has 12 heteroatoms. The molecule has 3 N–H and O–H groups in total. The number of ketones is 1. The van der Waals surface area contributed by atoms with Crippen molar-refractivity contribution in [2.45, 2.75) is 97.2 Å². The zero-order chi connectivity index (χ0) is 34.6. The zero-order valence-corrected chi connectivity index (χ0v) is 29.5. The number of hydrogen-bond acceptors (Lipinski definition) is 7. The highest BCUT2D eigenvalue weighted by Gasteiger charge is 2.46. The number of H-pyrrole nitrogens is 1. The lowest BCUT2D eigenvalue weighted by molar-refractivity contribution is -0.134. The van der Waals surface area contributed by atoms with Gasteiger partial charge in [0.15, 0.2) is 11.6 Å². The second-order valence-corrected chi connectivity index (χ2v) is 13.9. The van der Waals surface area contributed by atoms with E-state index in [1.54, 1.807) is 13.0 Å². The fourth-order valence-electron chi connectivity index (χ4n) is 6.47. The van der Waals surface area contributed by atoms with Gasteiger partial charge in [-0.1, -0.05) is 99.2 Å². The number of halogens is 2. The molecule has 1 aliphatic rings. The molecule has 5 atom stereocenters. The van der Waals surface area contributed by atoms with Gasteiger partial charge < -0.3 is 24.9 Å². The van der Waals surface area contributed by atoms with Crippen molar-refractivity contribution in [1.82, 2.24) is 25.8 Å². The van der Waals surface area contributed by atoms with Gasteiger partial charge in [-0.3, -0.25) is 9.59 Å². The summed E-state index contributed by atoms with van der Waals surface area (Å²) >= 11 is 13.0. The molecule has 2 aromatic heterocycles. The van der Waals surface area contributed by atoms with Crippen LogP contribution in [0.3, 0.4) is 0 Å². The highest BCUT2D eigenvalue weighted by molar-refractivity contribution is 6.38. The van der Waals surface area contributed by atoms with Crippen LogP contribution in [0.1, 0.15) is 87.8 Å². The van der Waals surface area contributed by atoms with Gasteiger partial charge in [0.05, 0.1) is 10.5 Å². The molecule has 0 fully saturated rings. The molecule has 256 valence electrons. The fourth-order valence-corrected chi connectivity index (χ4v) is 7.01. The predicted octanol–water partition coefficient (Wildman–Crippen LogP) is 7.64. The number of aromatic amines is 1. The number of fused-ring (bicyclic) bond motifs is 3. The van der Waals surface area contributed by atoms with Crippen LogP contribution in [0, 0.1) is 18.8 Å². The molecule has 2 heterocycles. The minimum Gasteiger partial charge on any atom is -0.445 e. The largest absolute Gasteiger partial charge is 0.445 e. The Hall–Kier alpha value is -3.89. The maximum Gasteiger partial charge on any atom is 0.408 e. The molecule has 4 aromatic rings. The molecule has 10 nitrogen and oxygen atoms in total. The van der Waals surface area contributed by atoms with E-state index in [1.807, 2.05) is 50.2 Å². The second-order valence-electron chi connectivity index (χ2n) is 13.0. The first-order chi connectivity index (χ1) is 22.9. The third-order valence-electron chi connectivity index (χ3n) is 9.78. The van der Waals surface area contributed by atoms with Crippen molar-refractivity contribution in [3.63, 3.8) is 0 Å². The van der Waals surface area contributed by atoms with Gasteiger partial charge in [-0.2, -0.15) is 4.98 Å². The summed E-state index contributed by atoms with van der Waals surface area (Å²) in [6, 6.07) is 11.9. The van der Waals surface area contributed by atoms with Crippen molar-refractivity contribution in [3.05, 3.63) is 81.0 Å². The van der Waals surface area contributed by atoms with Crippen LogP contribution in [-0.2, 0) is 33.8 Å². The van der Waals surface area contributed by atoms with Crippen LogP contribution in [0.5, 0.6) is 0 Å².